The Bertz CT molecular complexity index is 662. The number of hydrogen-bond donors (Lipinski definition) is 1. The van der Waals surface area contributed by atoms with Crippen molar-refractivity contribution < 1.29 is 12.8 Å². The molecule has 0 radical (unpaired) electrons. The van der Waals surface area contributed by atoms with Gasteiger partial charge in [-0.3, -0.25) is 0 Å². The van der Waals surface area contributed by atoms with Crippen LogP contribution in [0.15, 0.2) is 39.8 Å². The van der Waals surface area contributed by atoms with E-state index in [9.17, 15) is 8.42 Å². The highest BCUT2D eigenvalue weighted by Crippen LogP contribution is 2.10. The number of nitrogens with one attached hydrogen (secondary N) is 1. The fraction of sp³-hybridized carbons (Fsp3) is 0.308. The second-order valence-corrected chi connectivity index (χ2v) is 6.09. The minimum absolute atomic E-state index is 0.281. The molecule has 1 aromatic heterocycles. The van der Waals surface area contributed by atoms with Crippen LogP contribution in [0.5, 0.6) is 0 Å². The van der Waals surface area contributed by atoms with E-state index >= 15 is 0 Å². The molecule has 0 aliphatic carbocycles. The molecule has 0 spiro atoms. The Balaban J connectivity index is 1.98. The molecule has 1 N–H and O–H groups in total. The predicted octanol–water partition coefficient (Wildman–Crippen LogP) is 1.81. The van der Waals surface area contributed by atoms with Gasteiger partial charge in [0.25, 0.3) is 0 Å². The number of aryl methyl sites for hydroxylation is 2. The summed E-state index contributed by atoms with van der Waals surface area (Å²) in [4.78, 5) is 4.40. The van der Waals surface area contributed by atoms with E-state index in [2.05, 4.69) is 9.71 Å². The third kappa shape index (κ3) is 3.65. The molecule has 19 heavy (non-hydrogen) atoms. The van der Waals surface area contributed by atoms with Gasteiger partial charge in [0.2, 0.25) is 10.0 Å². The van der Waals surface area contributed by atoms with Crippen LogP contribution in [0.25, 0.3) is 0 Å². The molecule has 2 rings (SSSR count). The number of oxazole rings is 1. The maximum absolute atomic E-state index is 12.0. The van der Waals surface area contributed by atoms with Crippen LogP contribution in [0.3, 0.4) is 0 Å². The lowest BCUT2D eigenvalue weighted by atomic mass is 10.2. The van der Waals surface area contributed by atoms with E-state index in [-0.39, 0.29) is 4.90 Å². The van der Waals surface area contributed by atoms with E-state index in [1.807, 2.05) is 13.0 Å². The number of rotatable bonds is 5. The monoisotopic (exact) mass is 280 g/mol. The standard InChI is InChI=1S/C13H16N2O3S/c1-10-4-3-5-13(8-10)19(16,17)14-7-6-12-9-18-11(2)15-12/h3-5,8-9,14H,6-7H2,1-2H3. The highest BCUT2D eigenvalue weighted by atomic mass is 32.2. The fourth-order valence-corrected chi connectivity index (χ4v) is 2.84. The van der Waals surface area contributed by atoms with Gasteiger partial charge >= 0.3 is 0 Å². The molecule has 0 aliphatic rings. The zero-order chi connectivity index (χ0) is 13.9. The van der Waals surface area contributed by atoms with E-state index < -0.39 is 10.0 Å². The molecule has 1 heterocycles. The fourth-order valence-electron chi connectivity index (χ4n) is 1.70. The molecular formula is C13H16N2O3S. The molecule has 6 heteroatoms. The molecule has 102 valence electrons. The Kier molecular flexibility index (Phi) is 4.01. The predicted molar refractivity (Wildman–Crippen MR) is 71.3 cm³/mol. The Morgan fingerprint density at radius 2 is 2.11 bits per heavy atom. The smallest absolute Gasteiger partial charge is 0.240 e. The van der Waals surface area contributed by atoms with Gasteiger partial charge in [-0.15, -0.1) is 0 Å². The van der Waals surface area contributed by atoms with Gasteiger partial charge in [0, 0.05) is 19.9 Å². The van der Waals surface area contributed by atoms with Gasteiger partial charge < -0.3 is 4.42 Å². The molecule has 0 fully saturated rings. The Hall–Kier alpha value is -1.66. The van der Waals surface area contributed by atoms with Gasteiger partial charge in [-0.25, -0.2) is 18.1 Å². The van der Waals surface area contributed by atoms with Crippen LogP contribution in [0, 0.1) is 13.8 Å². The highest BCUT2D eigenvalue weighted by Gasteiger charge is 2.13. The Morgan fingerprint density at radius 1 is 1.32 bits per heavy atom. The van der Waals surface area contributed by atoms with Crippen molar-refractivity contribution in [3.63, 3.8) is 0 Å². The van der Waals surface area contributed by atoms with E-state index in [1.165, 1.54) is 6.26 Å². The summed E-state index contributed by atoms with van der Waals surface area (Å²) in [5, 5.41) is 0. The van der Waals surface area contributed by atoms with Crippen molar-refractivity contribution in [2.45, 2.75) is 25.2 Å². The van der Waals surface area contributed by atoms with Gasteiger partial charge in [0.1, 0.15) is 6.26 Å². The van der Waals surface area contributed by atoms with Crippen molar-refractivity contribution >= 4 is 10.0 Å². The minimum Gasteiger partial charge on any atom is -0.449 e. The second-order valence-electron chi connectivity index (χ2n) is 4.32. The minimum atomic E-state index is -3.45. The first kappa shape index (κ1) is 13.8. The summed E-state index contributed by atoms with van der Waals surface area (Å²) >= 11 is 0. The topological polar surface area (TPSA) is 72.2 Å². The average Bonchev–Trinajstić information content (AvgIpc) is 2.75. The molecule has 0 unspecified atom stereocenters. The van der Waals surface area contributed by atoms with E-state index in [0.29, 0.717) is 18.9 Å². The second kappa shape index (κ2) is 5.54. The van der Waals surface area contributed by atoms with Crippen molar-refractivity contribution in [2.75, 3.05) is 6.54 Å². The maximum Gasteiger partial charge on any atom is 0.240 e. The molecule has 0 aliphatic heterocycles. The third-order valence-corrected chi connectivity index (χ3v) is 4.10. The lowest BCUT2D eigenvalue weighted by Crippen LogP contribution is -2.26. The molecule has 0 saturated carbocycles. The third-order valence-electron chi connectivity index (χ3n) is 2.64. The first-order chi connectivity index (χ1) is 8.97. The van der Waals surface area contributed by atoms with Crippen LogP contribution in [-0.2, 0) is 16.4 Å². The number of nitrogens with zero attached hydrogens (tertiary/aromatic N) is 1. The summed E-state index contributed by atoms with van der Waals surface area (Å²) in [5.74, 6) is 0.580. The van der Waals surface area contributed by atoms with Crippen molar-refractivity contribution in [3.05, 3.63) is 47.7 Å². The van der Waals surface area contributed by atoms with E-state index in [0.717, 1.165) is 11.3 Å². The first-order valence-corrected chi connectivity index (χ1v) is 7.43. The van der Waals surface area contributed by atoms with Gasteiger partial charge in [-0.2, -0.15) is 0 Å². The van der Waals surface area contributed by atoms with Gasteiger partial charge in [-0.05, 0) is 24.6 Å². The quantitative estimate of drug-likeness (QED) is 0.906. The molecule has 0 saturated heterocycles. The van der Waals surface area contributed by atoms with Crippen LogP contribution in [0.2, 0.25) is 0 Å². The largest absolute Gasteiger partial charge is 0.449 e. The summed E-state index contributed by atoms with van der Waals surface area (Å²) < 4.78 is 31.7. The Morgan fingerprint density at radius 3 is 2.74 bits per heavy atom. The highest BCUT2D eigenvalue weighted by molar-refractivity contribution is 7.89. The number of hydrogen-bond acceptors (Lipinski definition) is 4. The molecule has 0 bridgehead atoms. The maximum atomic E-state index is 12.0. The molecule has 0 amide bonds. The van der Waals surface area contributed by atoms with Gasteiger partial charge in [-0.1, -0.05) is 12.1 Å². The van der Waals surface area contributed by atoms with Crippen LogP contribution in [0.4, 0.5) is 0 Å². The normalized spacial score (nSPS) is 11.7. The summed E-state index contributed by atoms with van der Waals surface area (Å²) in [5.41, 5.74) is 1.65. The number of aromatic nitrogens is 1. The molecule has 1 aromatic carbocycles. The molecular weight excluding hydrogens is 264 g/mol. The molecule has 5 nitrogen and oxygen atoms in total. The van der Waals surface area contributed by atoms with Crippen LogP contribution < -0.4 is 4.72 Å². The van der Waals surface area contributed by atoms with E-state index in [4.69, 9.17) is 4.42 Å². The number of sulfonamides is 1. The lowest BCUT2D eigenvalue weighted by Gasteiger charge is -2.06. The van der Waals surface area contributed by atoms with Crippen LogP contribution in [0.1, 0.15) is 17.1 Å². The summed E-state index contributed by atoms with van der Waals surface area (Å²) in [6, 6.07) is 6.81. The average molecular weight is 280 g/mol. The van der Waals surface area contributed by atoms with Crippen molar-refractivity contribution in [1.82, 2.24) is 9.71 Å². The van der Waals surface area contributed by atoms with Crippen molar-refractivity contribution in [3.8, 4) is 0 Å². The van der Waals surface area contributed by atoms with Crippen molar-refractivity contribution in [2.24, 2.45) is 0 Å². The summed E-state index contributed by atoms with van der Waals surface area (Å²) in [6.45, 7) is 3.90. The van der Waals surface area contributed by atoms with Crippen molar-refractivity contribution in [1.29, 1.82) is 0 Å². The summed E-state index contributed by atoms with van der Waals surface area (Å²) in [6.07, 6.45) is 2.04. The van der Waals surface area contributed by atoms with Crippen LogP contribution >= 0.6 is 0 Å². The van der Waals surface area contributed by atoms with Crippen LogP contribution in [-0.4, -0.2) is 19.9 Å². The van der Waals surface area contributed by atoms with E-state index in [1.54, 1.807) is 25.1 Å². The van der Waals surface area contributed by atoms with Gasteiger partial charge in [0.15, 0.2) is 5.89 Å². The number of benzene rings is 1. The first-order valence-electron chi connectivity index (χ1n) is 5.95. The zero-order valence-corrected chi connectivity index (χ0v) is 11.7. The summed E-state index contributed by atoms with van der Waals surface area (Å²) in [7, 11) is -3.45. The Labute approximate surface area is 112 Å². The molecule has 0 atom stereocenters. The molecule has 2 aromatic rings. The van der Waals surface area contributed by atoms with Gasteiger partial charge in [0.05, 0.1) is 10.6 Å². The zero-order valence-electron chi connectivity index (χ0n) is 10.9. The SMILES string of the molecule is Cc1cccc(S(=O)(=O)NCCc2coc(C)n2)c1. The lowest BCUT2D eigenvalue weighted by molar-refractivity contribution is 0.520.